The van der Waals surface area contributed by atoms with Crippen molar-refractivity contribution in [1.82, 2.24) is 10.5 Å². The highest BCUT2D eigenvalue weighted by atomic mass is 19.4. The fraction of sp³-hybridized carbons (Fsp3) is 0.545. The number of ether oxygens (including phenoxy) is 1. The summed E-state index contributed by atoms with van der Waals surface area (Å²) in [5, 5.41) is 0. The summed E-state index contributed by atoms with van der Waals surface area (Å²) < 4.78 is 40.7. The lowest BCUT2D eigenvalue weighted by Gasteiger charge is -2.13. The van der Waals surface area contributed by atoms with E-state index in [1.165, 1.54) is 7.11 Å². The molecule has 1 aromatic rings. The monoisotopic (exact) mass is 264 g/mol. The Labute approximate surface area is 103 Å². The number of rotatable bonds is 5. The molecule has 0 aliphatic heterocycles. The standard InChI is InChI=1S/C11H15F3N2O2/c1-7-4-15-9(8(2)10(7)17-3)5-16-18-6-11(12,13)14/h4,16H,5-6H2,1-3H3. The highest BCUT2D eigenvalue weighted by Crippen LogP contribution is 2.23. The number of hydrogen-bond acceptors (Lipinski definition) is 4. The Morgan fingerprint density at radius 3 is 2.56 bits per heavy atom. The lowest BCUT2D eigenvalue weighted by atomic mass is 10.1. The molecule has 7 heteroatoms. The molecule has 0 saturated carbocycles. The van der Waals surface area contributed by atoms with E-state index in [0.29, 0.717) is 11.4 Å². The topological polar surface area (TPSA) is 43.4 Å². The lowest BCUT2D eigenvalue weighted by Crippen LogP contribution is -2.25. The van der Waals surface area contributed by atoms with Gasteiger partial charge in [0.05, 0.1) is 19.3 Å². The van der Waals surface area contributed by atoms with Crippen LogP contribution in [0.1, 0.15) is 16.8 Å². The van der Waals surface area contributed by atoms with Gasteiger partial charge in [-0.15, -0.1) is 0 Å². The maximum Gasteiger partial charge on any atom is 0.413 e. The van der Waals surface area contributed by atoms with E-state index in [2.05, 4.69) is 15.3 Å². The van der Waals surface area contributed by atoms with Crippen LogP contribution in [-0.4, -0.2) is 24.9 Å². The van der Waals surface area contributed by atoms with E-state index >= 15 is 0 Å². The van der Waals surface area contributed by atoms with Crippen LogP contribution in [0.15, 0.2) is 6.20 Å². The van der Waals surface area contributed by atoms with Gasteiger partial charge in [0.2, 0.25) is 0 Å². The number of nitrogens with one attached hydrogen (secondary N) is 1. The van der Waals surface area contributed by atoms with Crippen LogP contribution < -0.4 is 10.2 Å². The zero-order chi connectivity index (χ0) is 13.8. The number of alkyl halides is 3. The molecular weight excluding hydrogens is 249 g/mol. The second kappa shape index (κ2) is 6.01. The van der Waals surface area contributed by atoms with Crippen LogP contribution in [-0.2, 0) is 11.4 Å². The SMILES string of the molecule is COc1c(C)cnc(CNOCC(F)(F)F)c1C. The van der Waals surface area contributed by atoms with Crippen molar-refractivity contribution in [2.75, 3.05) is 13.7 Å². The molecule has 0 amide bonds. The highest BCUT2D eigenvalue weighted by Gasteiger charge is 2.27. The summed E-state index contributed by atoms with van der Waals surface area (Å²) in [4.78, 5) is 8.42. The average molecular weight is 264 g/mol. The fourth-order valence-corrected chi connectivity index (χ4v) is 1.50. The third kappa shape index (κ3) is 4.15. The zero-order valence-corrected chi connectivity index (χ0v) is 10.4. The van der Waals surface area contributed by atoms with E-state index in [4.69, 9.17) is 4.74 Å². The normalized spacial score (nSPS) is 11.7. The number of nitrogens with zero attached hydrogens (tertiary/aromatic N) is 1. The van der Waals surface area contributed by atoms with Crippen molar-refractivity contribution in [2.45, 2.75) is 26.6 Å². The number of methoxy groups -OCH3 is 1. The van der Waals surface area contributed by atoms with Crippen molar-refractivity contribution in [3.05, 3.63) is 23.0 Å². The Balaban J connectivity index is 2.58. The van der Waals surface area contributed by atoms with Crippen LogP contribution in [0.25, 0.3) is 0 Å². The van der Waals surface area contributed by atoms with Gasteiger partial charge in [-0.2, -0.15) is 18.7 Å². The van der Waals surface area contributed by atoms with Gasteiger partial charge in [-0.1, -0.05) is 0 Å². The van der Waals surface area contributed by atoms with Crippen molar-refractivity contribution in [2.24, 2.45) is 0 Å². The largest absolute Gasteiger partial charge is 0.496 e. The van der Waals surface area contributed by atoms with Crippen molar-refractivity contribution in [3.63, 3.8) is 0 Å². The average Bonchev–Trinajstić information content (AvgIpc) is 2.26. The number of pyridine rings is 1. The van der Waals surface area contributed by atoms with Gasteiger partial charge < -0.3 is 4.74 Å². The van der Waals surface area contributed by atoms with E-state index in [9.17, 15) is 13.2 Å². The molecule has 18 heavy (non-hydrogen) atoms. The molecule has 4 nitrogen and oxygen atoms in total. The van der Waals surface area contributed by atoms with E-state index < -0.39 is 12.8 Å². The molecule has 0 aromatic carbocycles. The molecule has 0 saturated heterocycles. The van der Waals surface area contributed by atoms with Crippen LogP contribution in [0.2, 0.25) is 0 Å². The van der Waals surface area contributed by atoms with E-state index in [1.54, 1.807) is 13.1 Å². The van der Waals surface area contributed by atoms with Gasteiger partial charge in [-0.25, -0.2) is 0 Å². The summed E-state index contributed by atoms with van der Waals surface area (Å²) >= 11 is 0. The molecule has 0 unspecified atom stereocenters. The van der Waals surface area contributed by atoms with Gasteiger partial charge in [0.1, 0.15) is 5.75 Å². The summed E-state index contributed by atoms with van der Waals surface area (Å²) in [6.07, 6.45) is -2.74. The number of halogens is 3. The van der Waals surface area contributed by atoms with Crippen molar-refractivity contribution in [1.29, 1.82) is 0 Å². The molecule has 0 atom stereocenters. The minimum Gasteiger partial charge on any atom is -0.496 e. The molecule has 0 fully saturated rings. The third-order valence-corrected chi connectivity index (χ3v) is 2.33. The Kier molecular flexibility index (Phi) is 4.92. The molecule has 1 rings (SSSR count). The second-order valence-corrected chi connectivity index (χ2v) is 3.77. The lowest BCUT2D eigenvalue weighted by molar-refractivity contribution is -0.190. The van der Waals surface area contributed by atoms with Gasteiger partial charge in [-0.3, -0.25) is 9.82 Å². The van der Waals surface area contributed by atoms with Crippen LogP contribution in [0, 0.1) is 13.8 Å². The van der Waals surface area contributed by atoms with E-state index in [-0.39, 0.29) is 6.54 Å². The minimum atomic E-state index is -4.35. The minimum absolute atomic E-state index is 0.0819. The van der Waals surface area contributed by atoms with Crippen LogP contribution in [0.4, 0.5) is 13.2 Å². The van der Waals surface area contributed by atoms with Crippen molar-refractivity contribution in [3.8, 4) is 5.75 Å². The van der Waals surface area contributed by atoms with Gasteiger partial charge in [0, 0.05) is 17.3 Å². The van der Waals surface area contributed by atoms with Gasteiger partial charge in [-0.05, 0) is 13.8 Å². The summed E-state index contributed by atoms with van der Waals surface area (Å²) in [5.74, 6) is 0.678. The summed E-state index contributed by atoms with van der Waals surface area (Å²) in [5.41, 5.74) is 4.46. The molecule has 0 aliphatic carbocycles. The van der Waals surface area contributed by atoms with Crippen molar-refractivity contribution >= 4 is 0 Å². The maximum atomic E-state index is 11.8. The first-order chi connectivity index (χ1) is 8.35. The molecule has 102 valence electrons. The molecule has 1 aromatic heterocycles. The van der Waals surface area contributed by atoms with Crippen LogP contribution in [0.3, 0.4) is 0 Å². The molecule has 1 heterocycles. The number of hydrogen-bond donors (Lipinski definition) is 1. The van der Waals surface area contributed by atoms with Crippen molar-refractivity contribution < 1.29 is 22.7 Å². The molecule has 1 N–H and O–H groups in total. The second-order valence-electron chi connectivity index (χ2n) is 3.77. The Morgan fingerprint density at radius 1 is 1.33 bits per heavy atom. The summed E-state index contributed by atoms with van der Waals surface area (Å²) in [6.45, 7) is 2.38. The number of hydroxylamine groups is 1. The Hall–Kier alpha value is -1.34. The molecular formula is C11H15F3N2O2. The van der Waals surface area contributed by atoms with Gasteiger partial charge >= 0.3 is 6.18 Å². The zero-order valence-electron chi connectivity index (χ0n) is 10.4. The van der Waals surface area contributed by atoms with Crippen LogP contribution in [0.5, 0.6) is 5.75 Å². The first kappa shape index (κ1) is 14.7. The Bertz CT molecular complexity index is 408. The Morgan fingerprint density at radius 2 is 2.00 bits per heavy atom. The smallest absolute Gasteiger partial charge is 0.413 e. The van der Waals surface area contributed by atoms with Gasteiger partial charge in [0.25, 0.3) is 0 Å². The van der Waals surface area contributed by atoms with E-state index in [1.807, 2.05) is 6.92 Å². The first-order valence-electron chi connectivity index (χ1n) is 5.25. The van der Waals surface area contributed by atoms with E-state index in [0.717, 1.165) is 11.1 Å². The first-order valence-corrected chi connectivity index (χ1v) is 5.25. The molecule has 0 aliphatic rings. The predicted molar refractivity (Wildman–Crippen MR) is 59.1 cm³/mol. The summed E-state index contributed by atoms with van der Waals surface area (Å²) in [6, 6.07) is 0. The van der Waals surface area contributed by atoms with Crippen LogP contribution >= 0.6 is 0 Å². The number of aromatic nitrogens is 1. The summed E-state index contributed by atoms with van der Waals surface area (Å²) in [7, 11) is 1.53. The molecule has 0 radical (unpaired) electrons. The highest BCUT2D eigenvalue weighted by molar-refractivity contribution is 5.40. The maximum absolute atomic E-state index is 11.8. The predicted octanol–water partition coefficient (Wildman–Crippen LogP) is 2.29. The molecule has 0 spiro atoms. The fourth-order valence-electron chi connectivity index (χ4n) is 1.50. The third-order valence-electron chi connectivity index (χ3n) is 2.33. The van der Waals surface area contributed by atoms with Gasteiger partial charge in [0.15, 0.2) is 6.61 Å². The number of aryl methyl sites for hydroxylation is 1. The molecule has 0 bridgehead atoms. The quantitative estimate of drug-likeness (QED) is 0.654.